The SMILES string of the molecule is Nc1ncc(C(F)(F)F)n2c(C3CCC4CCC(=O)N4C3)nc(-c3ccc(C(=O)Nc4cc(C5CC5)ccn4)cc3F)c12. The topological polar surface area (TPSA) is 119 Å². The standard InChI is InChI=1S/C30H27F4N7O2/c31-21-11-17(29(43)38-23-12-16(9-10-36-23)15-1-2-15)4-7-20(21)25-26-27(35)37-13-22(30(32,33)34)41(26)28(39-25)18-3-5-19-6-8-24(42)40(19)14-18/h4,7,9-13,15,18-19H,1-3,5-6,8,14H2,(H2,35,37)(H,36,38,43). The van der Waals surface area contributed by atoms with E-state index in [4.69, 9.17) is 5.73 Å². The molecule has 3 aromatic heterocycles. The highest BCUT2D eigenvalue weighted by atomic mass is 19.4. The van der Waals surface area contributed by atoms with E-state index in [1.807, 2.05) is 6.07 Å². The van der Waals surface area contributed by atoms with E-state index < -0.39 is 29.5 Å². The summed E-state index contributed by atoms with van der Waals surface area (Å²) in [6.45, 7) is 0.207. The first-order valence-corrected chi connectivity index (χ1v) is 14.2. The number of hydrogen-bond donors (Lipinski definition) is 2. The second-order valence-corrected chi connectivity index (χ2v) is 11.4. The number of aromatic nitrogens is 4. The maximum absolute atomic E-state index is 15.7. The number of piperidine rings is 1. The predicted molar refractivity (Wildman–Crippen MR) is 149 cm³/mol. The lowest BCUT2D eigenvalue weighted by atomic mass is 9.92. The van der Waals surface area contributed by atoms with Crippen molar-refractivity contribution < 1.29 is 27.2 Å². The highest BCUT2D eigenvalue weighted by molar-refractivity contribution is 6.04. The number of nitrogens with one attached hydrogen (secondary N) is 1. The number of anilines is 2. The van der Waals surface area contributed by atoms with Gasteiger partial charge in [0, 0.05) is 42.2 Å². The van der Waals surface area contributed by atoms with Gasteiger partial charge in [-0.2, -0.15) is 13.2 Å². The lowest BCUT2D eigenvalue weighted by Gasteiger charge is -2.34. The van der Waals surface area contributed by atoms with Crippen LogP contribution in [0, 0.1) is 5.82 Å². The maximum Gasteiger partial charge on any atom is 0.433 e. The normalized spacial score (nSPS) is 20.5. The van der Waals surface area contributed by atoms with Gasteiger partial charge in [-0.05, 0) is 73.9 Å². The first-order chi connectivity index (χ1) is 20.6. The Bertz CT molecular complexity index is 1780. The molecule has 3 N–H and O–H groups in total. The van der Waals surface area contributed by atoms with Crippen LogP contribution in [-0.4, -0.2) is 48.7 Å². The highest BCUT2D eigenvalue weighted by Gasteiger charge is 2.41. The van der Waals surface area contributed by atoms with Crippen LogP contribution in [0.2, 0.25) is 0 Å². The molecule has 3 aliphatic rings. The number of hydrogen-bond acceptors (Lipinski definition) is 6. The van der Waals surface area contributed by atoms with Crippen LogP contribution in [0.3, 0.4) is 0 Å². The zero-order chi connectivity index (χ0) is 30.0. The second-order valence-electron chi connectivity index (χ2n) is 11.4. The van der Waals surface area contributed by atoms with Gasteiger partial charge in [0.2, 0.25) is 5.91 Å². The van der Waals surface area contributed by atoms with Crippen molar-refractivity contribution in [3.05, 3.63) is 71.2 Å². The molecule has 5 heterocycles. The number of fused-ring (bicyclic) bond motifs is 2. The van der Waals surface area contributed by atoms with Crippen LogP contribution in [0.15, 0.2) is 42.7 Å². The number of carbonyl (C=O) groups is 2. The molecule has 13 heteroatoms. The third kappa shape index (κ3) is 4.86. The summed E-state index contributed by atoms with van der Waals surface area (Å²) in [5.74, 6) is -1.45. The zero-order valence-corrected chi connectivity index (χ0v) is 22.9. The van der Waals surface area contributed by atoms with Crippen molar-refractivity contribution in [3.8, 4) is 11.3 Å². The quantitative estimate of drug-likeness (QED) is 0.294. The minimum Gasteiger partial charge on any atom is -0.382 e. The average molecular weight is 594 g/mol. The molecule has 43 heavy (non-hydrogen) atoms. The number of benzene rings is 1. The van der Waals surface area contributed by atoms with Crippen molar-refractivity contribution in [3.63, 3.8) is 0 Å². The predicted octanol–water partition coefficient (Wildman–Crippen LogP) is 5.53. The van der Waals surface area contributed by atoms with Gasteiger partial charge in [-0.25, -0.2) is 19.3 Å². The first kappa shape index (κ1) is 27.3. The monoisotopic (exact) mass is 593 g/mol. The maximum atomic E-state index is 15.7. The first-order valence-electron chi connectivity index (χ1n) is 14.2. The van der Waals surface area contributed by atoms with Crippen LogP contribution in [0.25, 0.3) is 16.8 Å². The van der Waals surface area contributed by atoms with Gasteiger partial charge in [-0.3, -0.25) is 14.0 Å². The Morgan fingerprint density at radius 3 is 2.56 bits per heavy atom. The van der Waals surface area contributed by atoms with Gasteiger partial charge in [0.1, 0.15) is 40.2 Å². The second kappa shape index (κ2) is 10.0. The molecule has 1 aromatic carbocycles. The number of nitrogen functional groups attached to an aromatic ring is 1. The fourth-order valence-corrected chi connectivity index (χ4v) is 6.33. The minimum atomic E-state index is -4.81. The van der Waals surface area contributed by atoms with Crippen LogP contribution in [0.5, 0.6) is 0 Å². The summed E-state index contributed by atoms with van der Waals surface area (Å²) in [5, 5.41) is 2.68. The molecule has 9 nitrogen and oxygen atoms in total. The molecule has 2 amide bonds. The molecular formula is C30H27F4N7O2. The zero-order valence-electron chi connectivity index (χ0n) is 22.9. The number of rotatable bonds is 5. The Morgan fingerprint density at radius 2 is 1.81 bits per heavy atom. The van der Waals surface area contributed by atoms with E-state index in [-0.39, 0.29) is 52.5 Å². The number of imidazole rings is 1. The number of alkyl halides is 3. The number of pyridine rings is 1. The molecule has 2 aliphatic heterocycles. The van der Waals surface area contributed by atoms with Crippen LogP contribution in [0.1, 0.15) is 77.8 Å². The van der Waals surface area contributed by atoms with E-state index in [9.17, 15) is 22.8 Å². The smallest absolute Gasteiger partial charge is 0.382 e. The van der Waals surface area contributed by atoms with Gasteiger partial charge >= 0.3 is 6.18 Å². The van der Waals surface area contributed by atoms with Gasteiger partial charge in [0.15, 0.2) is 0 Å². The van der Waals surface area contributed by atoms with Crippen LogP contribution in [-0.2, 0) is 11.0 Å². The highest BCUT2D eigenvalue weighted by Crippen LogP contribution is 2.42. The van der Waals surface area contributed by atoms with E-state index >= 15 is 4.39 Å². The number of halogens is 4. The largest absolute Gasteiger partial charge is 0.433 e. The van der Waals surface area contributed by atoms with Gasteiger partial charge in [-0.1, -0.05) is 0 Å². The molecule has 3 fully saturated rings. The molecule has 1 saturated carbocycles. The minimum absolute atomic E-state index is 0.00319. The number of carbonyl (C=O) groups excluding carboxylic acids is 2. The van der Waals surface area contributed by atoms with Crippen molar-refractivity contribution in [1.82, 2.24) is 24.3 Å². The van der Waals surface area contributed by atoms with E-state index in [2.05, 4.69) is 20.3 Å². The molecule has 0 radical (unpaired) electrons. The summed E-state index contributed by atoms with van der Waals surface area (Å²) in [6.07, 6.45) is 1.85. The summed E-state index contributed by atoms with van der Waals surface area (Å²) < 4.78 is 59.3. The fraction of sp³-hybridized carbons (Fsp3) is 0.367. The van der Waals surface area contributed by atoms with Crippen LogP contribution in [0.4, 0.5) is 29.2 Å². The van der Waals surface area contributed by atoms with E-state index in [1.54, 1.807) is 17.2 Å². The Hall–Kier alpha value is -4.55. The van der Waals surface area contributed by atoms with Gasteiger partial charge in [-0.15, -0.1) is 0 Å². The third-order valence-corrected chi connectivity index (χ3v) is 8.65. The van der Waals surface area contributed by atoms with E-state index in [1.165, 1.54) is 12.1 Å². The Balaban J connectivity index is 1.27. The van der Waals surface area contributed by atoms with Crippen molar-refractivity contribution >= 4 is 29.0 Å². The van der Waals surface area contributed by atoms with Crippen LogP contribution < -0.4 is 11.1 Å². The van der Waals surface area contributed by atoms with Crippen molar-refractivity contribution in [2.45, 2.75) is 62.6 Å². The Morgan fingerprint density at radius 1 is 1.02 bits per heavy atom. The van der Waals surface area contributed by atoms with E-state index in [0.717, 1.165) is 35.3 Å². The lowest BCUT2D eigenvalue weighted by molar-refractivity contribution is -0.142. The molecule has 7 rings (SSSR count). The molecule has 0 spiro atoms. The summed E-state index contributed by atoms with van der Waals surface area (Å²) in [5.41, 5.74) is 5.64. The Labute approximate surface area is 243 Å². The Kier molecular flexibility index (Phi) is 6.36. The van der Waals surface area contributed by atoms with Crippen molar-refractivity contribution in [2.75, 3.05) is 17.6 Å². The third-order valence-electron chi connectivity index (χ3n) is 8.65. The van der Waals surface area contributed by atoms with Gasteiger partial charge < -0.3 is 16.0 Å². The van der Waals surface area contributed by atoms with Crippen molar-refractivity contribution in [2.24, 2.45) is 0 Å². The van der Waals surface area contributed by atoms with Gasteiger partial charge in [0.05, 0.1) is 6.20 Å². The van der Waals surface area contributed by atoms with Crippen LogP contribution >= 0.6 is 0 Å². The molecule has 2 atom stereocenters. The molecule has 2 saturated heterocycles. The summed E-state index contributed by atoms with van der Waals surface area (Å²) >= 11 is 0. The molecule has 222 valence electrons. The molecule has 4 aromatic rings. The van der Waals surface area contributed by atoms with E-state index in [0.29, 0.717) is 37.2 Å². The van der Waals surface area contributed by atoms with Gasteiger partial charge in [0.25, 0.3) is 5.91 Å². The fourth-order valence-electron chi connectivity index (χ4n) is 6.33. The number of amides is 2. The molecule has 2 unspecified atom stereocenters. The molecule has 0 bridgehead atoms. The lowest BCUT2D eigenvalue weighted by Crippen LogP contribution is -2.41. The summed E-state index contributed by atoms with van der Waals surface area (Å²) in [4.78, 5) is 39.6. The van der Waals surface area contributed by atoms with Crippen molar-refractivity contribution in [1.29, 1.82) is 0 Å². The molecular weight excluding hydrogens is 566 g/mol. The number of nitrogens with zero attached hydrogens (tertiary/aromatic N) is 5. The summed E-state index contributed by atoms with van der Waals surface area (Å²) in [7, 11) is 0. The molecule has 1 aliphatic carbocycles. The summed E-state index contributed by atoms with van der Waals surface area (Å²) in [6, 6.07) is 7.41. The average Bonchev–Trinajstić information content (AvgIpc) is 3.66. The number of nitrogens with two attached hydrogens (primary N) is 1.